The third-order valence-corrected chi connectivity index (χ3v) is 4.90. The number of hydrogen-bond acceptors (Lipinski definition) is 5. The molecule has 7 nitrogen and oxygen atoms in total. The van der Waals surface area contributed by atoms with Crippen LogP contribution in [-0.4, -0.2) is 38.8 Å². The van der Waals surface area contributed by atoms with Crippen molar-refractivity contribution in [3.05, 3.63) is 41.6 Å². The fourth-order valence-corrected chi connectivity index (χ4v) is 3.25. The zero-order valence-electron chi connectivity index (χ0n) is 18.0. The van der Waals surface area contributed by atoms with Gasteiger partial charge in [0.1, 0.15) is 17.2 Å². The molecular formula is C23H28N2O5. The van der Waals surface area contributed by atoms with Crippen LogP contribution in [0.5, 0.6) is 23.0 Å². The largest absolute Gasteiger partial charge is 0.496 e. The molecule has 1 heterocycles. The minimum Gasteiger partial charge on any atom is -0.496 e. The number of rotatable bonds is 9. The van der Waals surface area contributed by atoms with Gasteiger partial charge in [0.2, 0.25) is 0 Å². The van der Waals surface area contributed by atoms with Crippen LogP contribution in [0.15, 0.2) is 30.3 Å². The number of aromatic amines is 1. The van der Waals surface area contributed by atoms with Crippen LogP contribution in [-0.2, 0) is 0 Å². The van der Waals surface area contributed by atoms with E-state index in [0.29, 0.717) is 35.1 Å². The zero-order chi connectivity index (χ0) is 21.7. The lowest BCUT2D eigenvalue weighted by molar-refractivity contribution is 0.102. The van der Waals surface area contributed by atoms with Crippen molar-refractivity contribution in [1.82, 2.24) is 4.98 Å². The number of benzene rings is 2. The first-order chi connectivity index (χ1) is 14.5. The van der Waals surface area contributed by atoms with Gasteiger partial charge in [0, 0.05) is 17.1 Å². The lowest BCUT2D eigenvalue weighted by Crippen LogP contribution is -2.13. The van der Waals surface area contributed by atoms with Gasteiger partial charge in [-0.05, 0) is 43.2 Å². The summed E-state index contributed by atoms with van der Waals surface area (Å²) in [5.41, 5.74) is 2.66. The van der Waals surface area contributed by atoms with Gasteiger partial charge < -0.3 is 29.2 Å². The summed E-state index contributed by atoms with van der Waals surface area (Å²) < 4.78 is 22.0. The molecule has 0 radical (unpaired) electrons. The first-order valence-corrected chi connectivity index (χ1v) is 9.88. The molecule has 3 rings (SSSR count). The number of nitrogens with one attached hydrogen (secondary N) is 2. The van der Waals surface area contributed by atoms with E-state index in [1.807, 2.05) is 25.1 Å². The summed E-state index contributed by atoms with van der Waals surface area (Å²) in [7, 11) is 4.68. The van der Waals surface area contributed by atoms with Gasteiger partial charge in [-0.1, -0.05) is 13.3 Å². The molecular weight excluding hydrogens is 384 g/mol. The molecule has 30 heavy (non-hydrogen) atoms. The van der Waals surface area contributed by atoms with Gasteiger partial charge in [-0.15, -0.1) is 0 Å². The first kappa shape index (κ1) is 21.4. The van der Waals surface area contributed by atoms with Gasteiger partial charge in [0.25, 0.3) is 5.91 Å². The maximum Gasteiger partial charge on any atom is 0.272 e. The highest BCUT2D eigenvalue weighted by Gasteiger charge is 2.20. The number of methoxy groups -OCH3 is 3. The predicted octanol–water partition coefficient (Wildman–Crippen LogP) is 4.93. The standard InChI is InChI=1S/C23H28N2O5/c1-6-7-10-30-15-8-9-17(14(2)11-15)25-23(26)18-12-16-19(27-3)13-20(28-4)22(29-5)21(16)24-18/h8-9,11-13,24H,6-7,10H2,1-5H3,(H,25,26). The van der Waals surface area contributed by atoms with E-state index in [9.17, 15) is 4.79 Å². The molecule has 1 amide bonds. The lowest BCUT2D eigenvalue weighted by atomic mass is 10.2. The predicted molar refractivity (Wildman–Crippen MR) is 117 cm³/mol. The number of aryl methyl sites for hydroxylation is 1. The molecule has 0 spiro atoms. The van der Waals surface area contributed by atoms with E-state index in [-0.39, 0.29) is 5.91 Å². The number of hydrogen-bond donors (Lipinski definition) is 2. The molecule has 0 fully saturated rings. The summed E-state index contributed by atoms with van der Waals surface area (Å²) >= 11 is 0. The number of fused-ring (bicyclic) bond motifs is 1. The smallest absolute Gasteiger partial charge is 0.272 e. The fourth-order valence-electron chi connectivity index (χ4n) is 3.25. The topological polar surface area (TPSA) is 81.8 Å². The van der Waals surface area contributed by atoms with Gasteiger partial charge in [0.05, 0.1) is 33.5 Å². The van der Waals surface area contributed by atoms with Crippen molar-refractivity contribution in [1.29, 1.82) is 0 Å². The van der Waals surface area contributed by atoms with Crippen molar-refractivity contribution in [3.63, 3.8) is 0 Å². The van der Waals surface area contributed by atoms with E-state index >= 15 is 0 Å². The van der Waals surface area contributed by atoms with Crippen molar-refractivity contribution < 1.29 is 23.7 Å². The zero-order valence-corrected chi connectivity index (χ0v) is 18.0. The van der Waals surface area contributed by atoms with Crippen molar-refractivity contribution >= 4 is 22.5 Å². The Hall–Kier alpha value is -3.35. The fraction of sp³-hybridized carbons (Fsp3) is 0.348. The number of H-pyrrole nitrogens is 1. The third-order valence-electron chi connectivity index (χ3n) is 4.90. The number of amides is 1. The molecule has 0 bridgehead atoms. The monoisotopic (exact) mass is 412 g/mol. The summed E-state index contributed by atoms with van der Waals surface area (Å²) in [5.74, 6) is 2.15. The van der Waals surface area contributed by atoms with Crippen LogP contribution in [0.2, 0.25) is 0 Å². The Bertz CT molecular complexity index is 1040. The van der Waals surface area contributed by atoms with Gasteiger partial charge in [-0.2, -0.15) is 0 Å². The second kappa shape index (κ2) is 9.43. The Balaban J connectivity index is 1.87. The molecule has 0 aliphatic rings. The van der Waals surface area contributed by atoms with Gasteiger partial charge >= 0.3 is 0 Å². The number of anilines is 1. The van der Waals surface area contributed by atoms with Crippen molar-refractivity contribution in [2.24, 2.45) is 0 Å². The van der Waals surface area contributed by atoms with Crippen LogP contribution < -0.4 is 24.3 Å². The lowest BCUT2D eigenvalue weighted by Gasteiger charge is -2.11. The van der Waals surface area contributed by atoms with Crippen molar-refractivity contribution in [2.75, 3.05) is 33.3 Å². The molecule has 7 heteroatoms. The van der Waals surface area contributed by atoms with Gasteiger partial charge in [0.15, 0.2) is 11.5 Å². The Kier molecular flexibility index (Phi) is 6.72. The summed E-state index contributed by atoms with van der Waals surface area (Å²) in [6, 6.07) is 9.11. The Morgan fingerprint density at radius 3 is 2.43 bits per heavy atom. The first-order valence-electron chi connectivity index (χ1n) is 9.88. The van der Waals surface area contributed by atoms with E-state index in [0.717, 1.165) is 35.2 Å². The van der Waals surface area contributed by atoms with Gasteiger partial charge in [-0.3, -0.25) is 4.79 Å². The van der Waals surface area contributed by atoms with E-state index in [1.165, 1.54) is 0 Å². The van der Waals surface area contributed by atoms with Crippen LogP contribution in [0.3, 0.4) is 0 Å². The maximum atomic E-state index is 12.9. The van der Waals surface area contributed by atoms with Crippen LogP contribution in [0, 0.1) is 6.92 Å². The van der Waals surface area contributed by atoms with Gasteiger partial charge in [-0.25, -0.2) is 0 Å². The Morgan fingerprint density at radius 2 is 1.80 bits per heavy atom. The molecule has 0 saturated carbocycles. The molecule has 0 unspecified atom stereocenters. The minimum absolute atomic E-state index is 0.267. The molecule has 0 saturated heterocycles. The van der Waals surface area contributed by atoms with E-state index < -0.39 is 0 Å². The van der Waals surface area contributed by atoms with Crippen LogP contribution in [0.25, 0.3) is 10.9 Å². The second-order valence-electron chi connectivity index (χ2n) is 6.92. The van der Waals surface area contributed by atoms with Crippen LogP contribution in [0.4, 0.5) is 5.69 Å². The summed E-state index contributed by atoms with van der Waals surface area (Å²) in [6.07, 6.45) is 2.09. The summed E-state index contributed by atoms with van der Waals surface area (Å²) in [4.78, 5) is 16.0. The SMILES string of the molecule is CCCCOc1ccc(NC(=O)c2cc3c(OC)cc(OC)c(OC)c3[nH]2)c(C)c1. The van der Waals surface area contributed by atoms with Crippen molar-refractivity contribution in [3.8, 4) is 23.0 Å². The molecule has 0 atom stereocenters. The Labute approximate surface area is 176 Å². The third kappa shape index (κ3) is 4.30. The average molecular weight is 412 g/mol. The molecule has 3 aromatic rings. The highest BCUT2D eigenvalue weighted by Crippen LogP contribution is 2.41. The molecule has 2 N–H and O–H groups in total. The molecule has 0 aliphatic carbocycles. The van der Waals surface area contributed by atoms with Crippen molar-refractivity contribution in [2.45, 2.75) is 26.7 Å². The van der Waals surface area contributed by atoms with E-state index in [2.05, 4.69) is 17.2 Å². The number of ether oxygens (including phenoxy) is 4. The maximum absolute atomic E-state index is 12.9. The quantitative estimate of drug-likeness (QED) is 0.487. The number of carbonyl (C=O) groups is 1. The number of unbranched alkanes of at least 4 members (excludes halogenated alkanes) is 1. The average Bonchev–Trinajstić information content (AvgIpc) is 3.20. The molecule has 0 aliphatic heterocycles. The summed E-state index contributed by atoms with van der Waals surface area (Å²) in [6.45, 7) is 4.74. The molecule has 160 valence electrons. The Morgan fingerprint density at radius 1 is 1.03 bits per heavy atom. The minimum atomic E-state index is -0.267. The van der Waals surface area contributed by atoms with E-state index in [4.69, 9.17) is 18.9 Å². The highest BCUT2D eigenvalue weighted by atomic mass is 16.5. The normalized spacial score (nSPS) is 10.7. The van der Waals surface area contributed by atoms with Crippen LogP contribution in [0.1, 0.15) is 35.8 Å². The molecule has 2 aromatic carbocycles. The number of carbonyl (C=O) groups excluding carboxylic acids is 1. The highest BCUT2D eigenvalue weighted by molar-refractivity contribution is 6.08. The van der Waals surface area contributed by atoms with E-state index in [1.54, 1.807) is 33.5 Å². The summed E-state index contributed by atoms with van der Waals surface area (Å²) in [5, 5.41) is 3.68. The number of aromatic nitrogens is 1. The van der Waals surface area contributed by atoms with Crippen LogP contribution >= 0.6 is 0 Å². The second-order valence-corrected chi connectivity index (χ2v) is 6.92. The molecule has 1 aromatic heterocycles.